The van der Waals surface area contributed by atoms with E-state index in [4.69, 9.17) is 0 Å². The Labute approximate surface area is 117 Å². The van der Waals surface area contributed by atoms with Crippen molar-refractivity contribution in [2.24, 2.45) is 5.92 Å². The van der Waals surface area contributed by atoms with E-state index in [1.165, 1.54) is 24.2 Å². The van der Waals surface area contributed by atoms with Crippen molar-refractivity contribution in [3.8, 4) is 0 Å². The van der Waals surface area contributed by atoms with Crippen LogP contribution in [0.15, 0.2) is 0 Å². The van der Waals surface area contributed by atoms with Crippen LogP contribution in [0.1, 0.15) is 37.6 Å². The van der Waals surface area contributed by atoms with Crippen molar-refractivity contribution < 1.29 is 4.79 Å². The molecule has 0 aromatic carbocycles. The second-order valence-corrected chi connectivity index (χ2v) is 5.73. The predicted octanol–water partition coefficient (Wildman–Crippen LogP) is 2.02. The lowest BCUT2D eigenvalue weighted by molar-refractivity contribution is -0.115. The third-order valence-corrected chi connectivity index (χ3v) is 3.74. The van der Waals surface area contributed by atoms with Gasteiger partial charge >= 0.3 is 0 Å². The fourth-order valence-corrected chi connectivity index (χ4v) is 2.16. The molecule has 1 aromatic heterocycles. The van der Waals surface area contributed by atoms with Crippen molar-refractivity contribution in [2.75, 3.05) is 18.4 Å². The van der Waals surface area contributed by atoms with Crippen LogP contribution in [0.4, 0.5) is 5.13 Å². The van der Waals surface area contributed by atoms with E-state index in [0.29, 0.717) is 17.6 Å². The lowest BCUT2D eigenvalue weighted by atomic mass is 10.2. The van der Waals surface area contributed by atoms with Crippen LogP contribution >= 0.6 is 23.7 Å². The molecular formula is C11H19ClN4OS. The number of anilines is 1. The highest BCUT2D eigenvalue weighted by Gasteiger charge is 2.20. The SMILES string of the molecule is CC(C)c1nnc(NC(=O)CNCC2CC2)s1.Cl. The molecule has 2 N–H and O–H groups in total. The Bertz CT molecular complexity index is 392. The molecule has 0 saturated heterocycles. The van der Waals surface area contributed by atoms with E-state index in [0.717, 1.165) is 17.5 Å². The number of hydrogen-bond donors (Lipinski definition) is 2. The van der Waals surface area contributed by atoms with Gasteiger partial charge in [0.15, 0.2) is 0 Å². The second-order valence-electron chi connectivity index (χ2n) is 4.72. The van der Waals surface area contributed by atoms with Gasteiger partial charge in [-0.2, -0.15) is 0 Å². The average molecular weight is 291 g/mol. The highest BCUT2D eigenvalue weighted by molar-refractivity contribution is 7.15. The van der Waals surface area contributed by atoms with Gasteiger partial charge in [-0.15, -0.1) is 22.6 Å². The number of halogens is 1. The smallest absolute Gasteiger partial charge is 0.240 e. The van der Waals surface area contributed by atoms with Gasteiger partial charge in [0.1, 0.15) is 5.01 Å². The summed E-state index contributed by atoms with van der Waals surface area (Å²) in [5, 5.41) is 15.4. The standard InChI is InChI=1S/C11H18N4OS.ClH/c1-7(2)10-14-15-11(17-10)13-9(16)6-12-5-8-3-4-8;/h7-8,12H,3-6H2,1-2H3,(H,13,15,16);1H. The minimum atomic E-state index is -0.0443. The number of nitrogens with zero attached hydrogens (tertiary/aromatic N) is 2. The summed E-state index contributed by atoms with van der Waals surface area (Å²) in [6, 6.07) is 0. The van der Waals surface area contributed by atoms with Gasteiger partial charge < -0.3 is 5.32 Å². The van der Waals surface area contributed by atoms with Gasteiger partial charge in [0.05, 0.1) is 6.54 Å². The molecule has 1 fully saturated rings. The number of hydrogen-bond acceptors (Lipinski definition) is 5. The van der Waals surface area contributed by atoms with Crippen LogP contribution in [0, 0.1) is 5.92 Å². The third-order valence-electron chi connectivity index (χ3n) is 2.60. The molecule has 102 valence electrons. The van der Waals surface area contributed by atoms with Crippen LogP contribution < -0.4 is 10.6 Å². The molecular weight excluding hydrogens is 272 g/mol. The largest absolute Gasteiger partial charge is 0.308 e. The summed E-state index contributed by atoms with van der Waals surface area (Å²) in [6.07, 6.45) is 2.59. The van der Waals surface area contributed by atoms with E-state index in [9.17, 15) is 4.79 Å². The van der Waals surface area contributed by atoms with E-state index in [-0.39, 0.29) is 18.3 Å². The Kier molecular flexibility index (Phi) is 5.98. The minimum Gasteiger partial charge on any atom is -0.308 e. The number of carbonyl (C=O) groups is 1. The molecule has 1 amide bonds. The molecule has 1 aliphatic rings. The first-order valence-corrected chi connectivity index (χ1v) is 6.80. The first-order chi connectivity index (χ1) is 8.15. The Hall–Kier alpha value is -0.720. The molecule has 1 heterocycles. The van der Waals surface area contributed by atoms with Crippen molar-refractivity contribution in [3.63, 3.8) is 0 Å². The third kappa shape index (κ3) is 4.88. The normalized spacial score (nSPS) is 14.4. The van der Waals surface area contributed by atoms with Crippen LogP contribution in [-0.4, -0.2) is 29.2 Å². The maximum Gasteiger partial charge on any atom is 0.240 e. The summed E-state index contributed by atoms with van der Waals surface area (Å²) in [5.74, 6) is 1.10. The number of carbonyl (C=O) groups excluding carboxylic acids is 1. The van der Waals surface area contributed by atoms with E-state index >= 15 is 0 Å². The number of rotatable bonds is 6. The fourth-order valence-electron chi connectivity index (χ4n) is 1.39. The van der Waals surface area contributed by atoms with Crippen molar-refractivity contribution in [1.82, 2.24) is 15.5 Å². The average Bonchev–Trinajstić information content (AvgIpc) is 2.96. The van der Waals surface area contributed by atoms with Crippen LogP contribution in [0.3, 0.4) is 0 Å². The lowest BCUT2D eigenvalue weighted by Gasteiger charge is -2.02. The summed E-state index contributed by atoms with van der Waals surface area (Å²) in [5.41, 5.74) is 0. The zero-order chi connectivity index (χ0) is 12.3. The zero-order valence-electron chi connectivity index (χ0n) is 10.6. The molecule has 0 bridgehead atoms. The minimum absolute atomic E-state index is 0. The van der Waals surface area contributed by atoms with Gasteiger partial charge in [-0.1, -0.05) is 25.2 Å². The summed E-state index contributed by atoms with van der Waals surface area (Å²) >= 11 is 1.44. The molecule has 1 saturated carbocycles. The second kappa shape index (κ2) is 7.01. The highest BCUT2D eigenvalue weighted by Crippen LogP contribution is 2.27. The van der Waals surface area contributed by atoms with Crippen LogP contribution in [0.25, 0.3) is 0 Å². The number of aromatic nitrogens is 2. The van der Waals surface area contributed by atoms with E-state index in [1.807, 2.05) is 0 Å². The molecule has 1 aliphatic carbocycles. The number of amides is 1. The molecule has 0 aliphatic heterocycles. The van der Waals surface area contributed by atoms with Gasteiger partial charge in [0.2, 0.25) is 11.0 Å². The Morgan fingerprint density at radius 3 is 2.72 bits per heavy atom. The van der Waals surface area contributed by atoms with Crippen molar-refractivity contribution >= 4 is 34.8 Å². The lowest BCUT2D eigenvalue weighted by Crippen LogP contribution is -2.29. The quantitative estimate of drug-likeness (QED) is 0.841. The molecule has 5 nitrogen and oxygen atoms in total. The number of nitrogens with one attached hydrogen (secondary N) is 2. The molecule has 0 spiro atoms. The van der Waals surface area contributed by atoms with Gasteiger partial charge in [-0.3, -0.25) is 10.1 Å². The maximum absolute atomic E-state index is 11.6. The Balaban J connectivity index is 0.00000162. The monoisotopic (exact) mass is 290 g/mol. The summed E-state index contributed by atoms with van der Waals surface area (Å²) in [6.45, 7) is 5.42. The maximum atomic E-state index is 11.6. The van der Waals surface area contributed by atoms with E-state index in [2.05, 4.69) is 34.7 Å². The fraction of sp³-hybridized carbons (Fsp3) is 0.727. The first-order valence-electron chi connectivity index (χ1n) is 5.99. The topological polar surface area (TPSA) is 66.9 Å². The summed E-state index contributed by atoms with van der Waals surface area (Å²) in [4.78, 5) is 11.6. The van der Waals surface area contributed by atoms with Gasteiger partial charge in [-0.05, 0) is 25.3 Å². The van der Waals surface area contributed by atoms with E-state index in [1.54, 1.807) is 0 Å². The first kappa shape index (κ1) is 15.3. The van der Waals surface area contributed by atoms with Crippen LogP contribution in [0.2, 0.25) is 0 Å². The van der Waals surface area contributed by atoms with E-state index < -0.39 is 0 Å². The summed E-state index contributed by atoms with van der Waals surface area (Å²) in [7, 11) is 0. The predicted molar refractivity (Wildman–Crippen MR) is 75.5 cm³/mol. The Morgan fingerprint density at radius 2 is 2.17 bits per heavy atom. The highest BCUT2D eigenvalue weighted by atomic mass is 35.5. The van der Waals surface area contributed by atoms with Gasteiger partial charge in [-0.25, -0.2) is 0 Å². The van der Waals surface area contributed by atoms with Crippen molar-refractivity contribution in [2.45, 2.75) is 32.6 Å². The van der Waals surface area contributed by atoms with Gasteiger partial charge in [0, 0.05) is 5.92 Å². The molecule has 1 aromatic rings. The molecule has 0 radical (unpaired) electrons. The zero-order valence-corrected chi connectivity index (χ0v) is 12.2. The van der Waals surface area contributed by atoms with Crippen LogP contribution in [0.5, 0.6) is 0 Å². The molecule has 0 atom stereocenters. The van der Waals surface area contributed by atoms with Gasteiger partial charge in [0.25, 0.3) is 0 Å². The summed E-state index contributed by atoms with van der Waals surface area (Å²) < 4.78 is 0. The molecule has 7 heteroatoms. The molecule has 18 heavy (non-hydrogen) atoms. The molecule has 2 rings (SSSR count). The Morgan fingerprint density at radius 1 is 1.44 bits per heavy atom. The van der Waals surface area contributed by atoms with Crippen molar-refractivity contribution in [1.29, 1.82) is 0 Å². The molecule has 0 unspecified atom stereocenters. The van der Waals surface area contributed by atoms with Crippen molar-refractivity contribution in [3.05, 3.63) is 5.01 Å². The van der Waals surface area contributed by atoms with Crippen LogP contribution in [-0.2, 0) is 4.79 Å².